The number of fused-ring (bicyclic) bond motifs is 1. The van der Waals surface area contributed by atoms with Gasteiger partial charge in [0.2, 0.25) is 0 Å². The minimum Gasteiger partial charge on any atom is -0.384 e. The summed E-state index contributed by atoms with van der Waals surface area (Å²) in [6.07, 6.45) is 12.8. The Hall–Kier alpha value is -3.21. The molecule has 0 saturated carbocycles. The van der Waals surface area contributed by atoms with Crippen molar-refractivity contribution in [1.82, 2.24) is 15.0 Å². The van der Waals surface area contributed by atoms with Gasteiger partial charge in [0.05, 0.1) is 0 Å². The number of aromatic amines is 1. The molecule has 1 aliphatic carbocycles. The molecule has 0 saturated heterocycles. The van der Waals surface area contributed by atoms with Crippen molar-refractivity contribution in [3.8, 4) is 11.1 Å². The largest absolute Gasteiger partial charge is 0.384 e. The van der Waals surface area contributed by atoms with Crippen LogP contribution in [0.5, 0.6) is 0 Å². The van der Waals surface area contributed by atoms with E-state index in [2.05, 4.69) is 33.7 Å². The van der Waals surface area contributed by atoms with Crippen molar-refractivity contribution in [3.05, 3.63) is 61.1 Å². The van der Waals surface area contributed by atoms with Crippen molar-refractivity contribution in [3.63, 3.8) is 0 Å². The Bertz CT molecular complexity index is 1030. The number of nitrogens with one attached hydrogen (secondary N) is 1. The van der Waals surface area contributed by atoms with Crippen molar-refractivity contribution >= 4 is 28.2 Å². The number of nitrogens with two attached hydrogens (primary N) is 1. The van der Waals surface area contributed by atoms with Crippen LogP contribution in [-0.4, -0.2) is 20.7 Å². The predicted octanol–water partition coefficient (Wildman–Crippen LogP) is 4.54. The zero-order chi connectivity index (χ0) is 18.8. The summed E-state index contributed by atoms with van der Waals surface area (Å²) in [7, 11) is 0. The first-order valence-corrected chi connectivity index (χ1v) is 9.18. The molecule has 1 unspecified atom stereocenters. The Morgan fingerprint density at radius 2 is 2.19 bits per heavy atom. The smallest absolute Gasteiger partial charge is 0.155 e. The average molecular weight is 358 g/mol. The predicted molar refractivity (Wildman–Crippen MR) is 109 cm³/mol. The van der Waals surface area contributed by atoms with E-state index in [1.54, 1.807) is 12.3 Å². The number of carbonyl (C=O) groups is 1. The van der Waals surface area contributed by atoms with Crippen LogP contribution >= 0.6 is 0 Å². The van der Waals surface area contributed by atoms with Crippen LogP contribution in [-0.2, 0) is 4.79 Å². The number of rotatable bonds is 5. The van der Waals surface area contributed by atoms with Crippen LogP contribution in [0.3, 0.4) is 0 Å². The lowest BCUT2D eigenvalue weighted by atomic mass is 9.82. The number of carbonyl (C=O) groups excluding carboxylic acids is 1. The fraction of sp³-hybridized carbons (Fsp3) is 0.227. The van der Waals surface area contributed by atoms with Crippen LogP contribution in [0, 0.1) is 5.92 Å². The molecule has 1 atom stereocenters. The maximum absolute atomic E-state index is 11.8. The SMILES string of the molecule is C=CC(=O)CC1CCC=C(c2ccnc3[nH]cc(-c4ccc(N)nc4)c23)C1. The van der Waals surface area contributed by atoms with Gasteiger partial charge in [-0.15, -0.1) is 0 Å². The summed E-state index contributed by atoms with van der Waals surface area (Å²) in [4.78, 5) is 23.8. The molecule has 0 aromatic carbocycles. The second-order valence-corrected chi connectivity index (χ2v) is 7.01. The molecule has 0 bridgehead atoms. The molecule has 0 fully saturated rings. The molecule has 5 nitrogen and oxygen atoms in total. The molecule has 0 radical (unpaired) electrons. The van der Waals surface area contributed by atoms with Gasteiger partial charge < -0.3 is 10.7 Å². The highest BCUT2D eigenvalue weighted by molar-refractivity contribution is 6.01. The van der Waals surface area contributed by atoms with E-state index in [9.17, 15) is 4.79 Å². The summed E-state index contributed by atoms with van der Waals surface area (Å²) >= 11 is 0. The number of hydrogen-bond acceptors (Lipinski definition) is 4. The third-order valence-electron chi connectivity index (χ3n) is 5.21. The highest BCUT2D eigenvalue weighted by atomic mass is 16.1. The van der Waals surface area contributed by atoms with Gasteiger partial charge in [0.15, 0.2) is 5.78 Å². The molecule has 136 valence electrons. The maximum Gasteiger partial charge on any atom is 0.155 e. The van der Waals surface area contributed by atoms with Gasteiger partial charge in [-0.2, -0.15) is 0 Å². The number of anilines is 1. The lowest BCUT2D eigenvalue weighted by molar-refractivity contribution is -0.115. The van der Waals surface area contributed by atoms with E-state index in [1.807, 2.05) is 18.5 Å². The quantitative estimate of drug-likeness (QED) is 0.656. The van der Waals surface area contributed by atoms with Crippen LogP contribution in [0.2, 0.25) is 0 Å². The van der Waals surface area contributed by atoms with Gasteiger partial charge in [-0.25, -0.2) is 9.97 Å². The molecule has 3 aromatic heterocycles. The Morgan fingerprint density at radius 3 is 2.96 bits per heavy atom. The van der Waals surface area contributed by atoms with E-state index in [4.69, 9.17) is 5.73 Å². The van der Waals surface area contributed by atoms with Gasteiger partial charge in [-0.3, -0.25) is 4.79 Å². The summed E-state index contributed by atoms with van der Waals surface area (Å²) in [5.74, 6) is 0.984. The second kappa shape index (κ2) is 7.19. The van der Waals surface area contributed by atoms with E-state index in [1.165, 1.54) is 17.2 Å². The summed E-state index contributed by atoms with van der Waals surface area (Å²) in [6, 6.07) is 5.84. The van der Waals surface area contributed by atoms with Crippen LogP contribution in [0.15, 0.2) is 55.5 Å². The van der Waals surface area contributed by atoms with Gasteiger partial charge in [0.25, 0.3) is 0 Å². The van der Waals surface area contributed by atoms with Gasteiger partial charge in [-0.1, -0.05) is 12.7 Å². The molecule has 1 aliphatic rings. The number of pyridine rings is 2. The number of ketones is 1. The van der Waals surface area contributed by atoms with E-state index in [-0.39, 0.29) is 5.78 Å². The van der Waals surface area contributed by atoms with Crippen molar-refractivity contribution in [2.75, 3.05) is 5.73 Å². The number of aromatic nitrogens is 3. The Labute approximate surface area is 158 Å². The molecule has 27 heavy (non-hydrogen) atoms. The highest BCUT2D eigenvalue weighted by Crippen LogP contribution is 2.39. The fourth-order valence-electron chi connectivity index (χ4n) is 3.87. The van der Waals surface area contributed by atoms with E-state index < -0.39 is 0 Å². The van der Waals surface area contributed by atoms with Crippen LogP contribution in [0.4, 0.5) is 5.82 Å². The normalized spacial score (nSPS) is 16.9. The number of nitrogens with zero attached hydrogens (tertiary/aromatic N) is 2. The molecule has 3 aromatic rings. The molecule has 0 aliphatic heterocycles. The maximum atomic E-state index is 11.8. The first-order chi connectivity index (χ1) is 13.2. The molecule has 3 heterocycles. The van der Waals surface area contributed by atoms with Gasteiger partial charge in [-0.05, 0) is 60.6 Å². The molecule has 5 heteroatoms. The van der Waals surface area contributed by atoms with E-state index in [0.29, 0.717) is 18.2 Å². The molecule has 4 rings (SSSR count). The molecular weight excluding hydrogens is 336 g/mol. The number of allylic oxidation sites excluding steroid dienone is 3. The molecular formula is C22H22N4O. The average Bonchev–Trinajstić information content (AvgIpc) is 3.13. The number of hydrogen-bond donors (Lipinski definition) is 2. The first-order valence-electron chi connectivity index (χ1n) is 9.18. The fourth-order valence-corrected chi connectivity index (χ4v) is 3.87. The standard InChI is InChI=1S/C22H22N4O/c1-2-17(27)11-14-4-3-5-15(10-14)18-8-9-24-22-21(18)19(13-26-22)16-6-7-20(23)25-12-16/h2,5-9,12-14H,1,3-4,10-11H2,(H2,23,25)(H,24,26). The van der Waals surface area contributed by atoms with Crippen molar-refractivity contribution in [1.29, 1.82) is 0 Å². The van der Waals surface area contributed by atoms with Crippen molar-refractivity contribution < 1.29 is 4.79 Å². The zero-order valence-electron chi connectivity index (χ0n) is 15.1. The molecule has 3 N–H and O–H groups in total. The highest BCUT2D eigenvalue weighted by Gasteiger charge is 2.21. The summed E-state index contributed by atoms with van der Waals surface area (Å²) in [6.45, 7) is 3.60. The zero-order valence-corrected chi connectivity index (χ0v) is 15.1. The van der Waals surface area contributed by atoms with Crippen LogP contribution < -0.4 is 5.73 Å². The van der Waals surface area contributed by atoms with Crippen molar-refractivity contribution in [2.24, 2.45) is 5.92 Å². The number of H-pyrrole nitrogens is 1. The summed E-state index contributed by atoms with van der Waals surface area (Å²) < 4.78 is 0. The second-order valence-electron chi connectivity index (χ2n) is 7.01. The topological polar surface area (TPSA) is 84.7 Å². The van der Waals surface area contributed by atoms with E-state index in [0.717, 1.165) is 41.4 Å². The Balaban J connectivity index is 1.75. The van der Waals surface area contributed by atoms with Crippen molar-refractivity contribution in [2.45, 2.75) is 25.7 Å². The summed E-state index contributed by atoms with van der Waals surface area (Å²) in [5.41, 5.74) is 11.1. The monoisotopic (exact) mass is 358 g/mol. The minimum atomic E-state index is 0.122. The lowest BCUT2D eigenvalue weighted by Gasteiger charge is -2.22. The third kappa shape index (κ3) is 3.40. The van der Waals surface area contributed by atoms with Gasteiger partial charge in [0.1, 0.15) is 11.5 Å². The van der Waals surface area contributed by atoms with E-state index >= 15 is 0 Å². The number of nitrogen functional groups attached to an aromatic ring is 1. The summed E-state index contributed by atoms with van der Waals surface area (Å²) in [5, 5.41) is 1.09. The van der Waals surface area contributed by atoms with Gasteiger partial charge in [0, 0.05) is 41.5 Å². The Kier molecular flexibility index (Phi) is 4.59. The first kappa shape index (κ1) is 17.2. The van der Waals surface area contributed by atoms with Crippen LogP contribution in [0.25, 0.3) is 27.7 Å². The molecule has 0 amide bonds. The lowest BCUT2D eigenvalue weighted by Crippen LogP contribution is -2.11. The minimum absolute atomic E-state index is 0.122. The third-order valence-corrected chi connectivity index (χ3v) is 5.21. The van der Waals surface area contributed by atoms with Crippen LogP contribution in [0.1, 0.15) is 31.2 Å². The Morgan fingerprint density at radius 1 is 1.30 bits per heavy atom. The van der Waals surface area contributed by atoms with Gasteiger partial charge >= 0.3 is 0 Å². The molecule has 0 spiro atoms.